The Labute approximate surface area is 126 Å². The molecular formula is C16H14N2O2S. The van der Waals surface area contributed by atoms with Gasteiger partial charge in [-0.2, -0.15) is 5.10 Å². The normalized spacial score (nSPS) is 10.8. The third-order valence-electron chi connectivity index (χ3n) is 3.44. The molecule has 5 heteroatoms. The Bertz CT molecular complexity index is 804. The molecule has 0 amide bonds. The van der Waals surface area contributed by atoms with Gasteiger partial charge in [0.1, 0.15) is 0 Å². The number of thiophene rings is 1. The topological polar surface area (TPSA) is 55.1 Å². The van der Waals surface area contributed by atoms with Crippen LogP contribution in [0, 0.1) is 13.8 Å². The SMILES string of the molecule is Cc1ccc(-n2nc(C(=O)O)cc2-c2cccs2)cc1C. The fourth-order valence-corrected chi connectivity index (χ4v) is 2.87. The first kappa shape index (κ1) is 13.6. The van der Waals surface area contributed by atoms with Crippen LogP contribution in [0.4, 0.5) is 0 Å². The van der Waals surface area contributed by atoms with Crippen LogP contribution in [0.3, 0.4) is 0 Å². The highest BCUT2D eigenvalue weighted by molar-refractivity contribution is 7.13. The second kappa shape index (κ2) is 5.18. The zero-order chi connectivity index (χ0) is 15.0. The summed E-state index contributed by atoms with van der Waals surface area (Å²) in [5.41, 5.74) is 4.07. The number of carbonyl (C=O) groups is 1. The van der Waals surface area contributed by atoms with Crippen molar-refractivity contribution in [2.45, 2.75) is 13.8 Å². The van der Waals surface area contributed by atoms with Gasteiger partial charge in [0.15, 0.2) is 5.69 Å². The first-order valence-electron chi connectivity index (χ1n) is 6.51. The number of aromatic carboxylic acids is 1. The molecule has 0 aliphatic heterocycles. The van der Waals surface area contributed by atoms with Crippen molar-refractivity contribution in [3.63, 3.8) is 0 Å². The molecule has 3 rings (SSSR count). The molecule has 0 spiro atoms. The average Bonchev–Trinajstić information content (AvgIpc) is 3.09. The third-order valence-corrected chi connectivity index (χ3v) is 4.33. The van der Waals surface area contributed by atoms with Crippen molar-refractivity contribution in [2.75, 3.05) is 0 Å². The number of carboxylic acid groups (broad SMARTS) is 1. The maximum Gasteiger partial charge on any atom is 0.356 e. The first-order valence-corrected chi connectivity index (χ1v) is 7.39. The smallest absolute Gasteiger partial charge is 0.356 e. The van der Waals surface area contributed by atoms with Gasteiger partial charge < -0.3 is 5.11 Å². The van der Waals surface area contributed by atoms with Gasteiger partial charge in [0, 0.05) is 6.07 Å². The quantitative estimate of drug-likeness (QED) is 0.797. The number of aryl methyl sites for hydroxylation is 2. The van der Waals surface area contributed by atoms with E-state index >= 15 is 0 Å². The fraction of sp³-hybridized carbons (Fsp3) is 0.125. The van der Waals surface area contributed by atoms with Crippen LogP contribution in [0.15, 0.2) is 41.8 Å². The molecule has 21 heavy (non-hydrogen) atoms. The van der Waals surface area contributed by atoms with E-state index in [1.807, 2.05) is 49.6 Å². The standard InChI is InChI=1S/C16H14N2O2S/c1-10-5-6-12(8-11(10)2)18-14(15-4-3-7-21-15)9-13(17-18)16(19)20/h3-9H,1-2H3,(H,19,20). The molecule has 0 atom stereocenters. The molecule has 0 saturated heterocycles. The van der Waals surface area contributed by atoms with Crippen molar-refractivity contribution in [1.29, 1.82) is 0 Å². The Morgan fingerprint density at radius 2 is 2.00 bits per heavy atom. The predicted molar refractivity (Wildman–Crippen MR) is 83.3 cm³/mol. The average molecular weight is 298 g/mol. The van der Waals surface area contributed by atoms with E-state index in [4.69, 9.17) is 0 Å². The van der Waals surface area contributed by atoms with Gasteiger partial charge in [-0.05, 0) is 48.6 Å². The lowest BCUT2D eigenvalue weighted by atomic mass is 10.1. The van der Waals surface area contributed by atoms with E-state index < -0.39 is 5.97 Å². The Morgan fingerprint density at radius 3 is 2.62 bits per heavy atom. The van der Waals surface area contributed by atoms with E-state index in [0.29, 0.717) is 0 Å². The second-order valence-electron chi connectivity index (χ2n) is 4.88. The minimum atomic E-state index is -1.02. The molecule has 0 radical (unpaired) electrons. The van der Waals surface area contributed by atoms with Crippen LogP contribution in [-0.2, 0) is 0 Å². The van der Waals surface area contributed by atoms with E-state index in [9.17, 15) is 9.90 Å². The highest BCUT2D eigenvalue weighted by atomic mass is 32.1. The molecular weight excluding hydrogens is 284 g/mol. The minimum absolute atomic E-state index is 0.0524. The number of carboxylic acids is 1. The van der Waals surface area contributed by atoms with Gasteiger partial charge in [-0.1, -0.05) is 12.1 Å². The molecule has 3 aromatic rings. The van der Waals surface area contributed by atoms with Crippen molar-refractivity contribution < 1.29 is 9.90 Å². The molecule has 1 N–H and O–H groups in total. The maximum absolute atomic E-state index is 11.2. The van der Waals surface area contributed by atoms with Crippen molar-refractivity contribution >= 4 is 17.3 Å². The lowest BCUT2D eigenvalue weighted by molar-refractivity contribution is 0.0690. The summed E-state index contributed by atoms with van der Waals surface area (Å²) in [6, 6.07) is 11.5. The van der Waals surface area contributed by atoms with Gasteiger partial charge in [0.25, 0.3) is 0 Å². The van der Waals surface area contributed by atoms with Crippen LogP contribution in [-0.4, -0.2) is 20.9 Å². The minimum Gasteiger partial charge on any atom is -0.476 e. The summed E-state index contributed by atoms with van der Waals surface area (Å²) in [6.45, 7) is 4.08. The van der Waals surface area contributed by atoms with Crippen molar-refractivity contribution in [2.24, 2.45) is 0 Å². The van der Waals surface area contributed by atoms with E-state index in [1.165, 1.54) is 5.56 Å². The van der Waals surface area contributed by atoms with Crippen LogP contribution >= 0.6 is 11.3 Å². The molecule has 0 saturated carbocycles. The molecule has 0 unspecified atom stereocenters. The molecule has 0 aliphatic rings. The summed E-state index contributed by atoms with van der Waals surface area (Å²) >= 11 is 1.56. The predicted octanol–water partition coefficient (Wildman–Crippen LogP) is 3.92. The summed E-state index contributed by atoms with van der Waals surface area (Å²) in [4.78, 5) is 12.2. The Hall–Kier alpha value is -2.40. The van der Waals surface area contributed by atoms with Crippen LogP contribution in [0.2, 0.25) is 0 Å². The van der Waals surface area contributed by atoms with Crippen molar-refractivity contribution in [3.05, 3.63) is 58.6 Å². The summed E-state index contributed by atoms with van der Waals surface area (Å²) in [7, 11) is 0. The lowest BCUT2D eigenvalue weighted by Crippen LogP contribution is -2.02. The van der Waals surface area contributed by atoms with Gasteiger partial charge in [-0.3, -0.25) is 0 Å². The summed E-state index contributed by atoms with van der Waals surface area (Å²) in [5.74, 6) is -1.02. The van der Waals surface area contributed by atoms with Gasteiger partial charge in [0.2, 0.25) is 0 Å². The van der Waals surface area contributed by atoms with Crippen LogP contribution in [0.5, 0.6) is 0 Å². The molecule has 106 valence electrons. The van der Waals surface area contributed by atoms with Crippen LogP contribution in [0.1, 0.15) is 21.6 Å². The molecule has 2 aromatic heterocycles. The second-order valence-corrected chi connectivity index (χ2v) is 5.83. The van der Waals surface area contributed by atoms with Crippen LogP contribution < -0.4 is 0 Å². The molecule has 0 fully saturated rings. The molecule has 2 heterocycles. The highest BCUT2D eigenvalue weighted by Gasteiger charge is 2.16. The van der Waals surface area contributed by atoms with Crippen molar-refractivity contribution in [1.82, 2.24) is 9.78 Å². The summed E-state index contributed by atoms with van der Waals surface area (Å²) in [5, 5.41) is 15.4. The van der Waals surface area contributed by atoms with Crippen LogP contribution in [0.25, 0.3) is 16.3 Å². The number of rotatable bonds is 3. The number of hydrogen-bond acceptors (Lipinski definition) is 3. The van der Waals surface area contributed by atoms with Crippen molar-refractivity contribution in [3.8, 4) is 16.3 Å². The monoisotopic (exact) mass is 298 g/mol. The highest BCUT2D eigenvalue weighted by Crippen LogP contribution is 2.28. The molecule has 4 nitrogen and oxygen atoms in total. The maximum atomic E-state index is 11.2. The molecule has 0 aliphatic carbocycles. The number of nitrogens with zero attached hydrogens (tertiary/aromatic N) is 2. The summed E-state index contributed by atoms with van der Waals surface area (Å²) in [6.07, 6.45) is 0. The molecule has 1 aromatic carbocycles. The first-order chi connectivity index (χ1) is 10.1. The number of benzene rings is 1. The zero-order valence-corrected chi connectivity index (χ0v) is 12.5. The lowest BCUT2D eigenvalue weighted by Gasteiger charge is -2.08. The van der Waals surface area contributed by atoms with E-state index in [0.717, 1.165) is 21.8 Å². The Kier molecular flexibility index (Phi) is 3.35. The van der Waals surface area contributed by atoms with Gasteiger partial charge >= 0.3 is 5.97 Å². The summed E-state index contributed by atoms with van der Waals surface area (Å²) < 4.78 is 1.70. The Morgan fingerprint density at radius 1 is 1.19 bits per heavy atom. The zero-order valence-electron chi connectivity index (χ0n) is 11.7. The van der Waals surface area contributed by atoms with E-state index in [1.54, 1.807) is 22.1 Å². The van der Waals surface area contributed by atoms with Gasteiger partial charge in [-0.25, -0.2) is 9.48 Å². The third kappa shape index (κ3) is 2.48. The van der Waals surface area contributed by atoms with E-state index in [-0.39, 0.29) is 5.69 Å². The fourth-order valence-electron chi connectivity index (χ4n) is 2.14. The number of hydrogen-bond donors (Lipinski definition) is 1. The van der Waals surface area contributed by atoms with E-state index in [2.05, 4.69) is 5.10 Å². The largest absolute Gasteiger partial charge is 0.476 e. The number of aromatic nitrogens is 2. The Balaban J connectivity index is 2.20. The van der Waals surface area contributed by atoms with Gasteiger partial charge in [0.05, 0.1) is 16.3 Å². The molecule has 0 bridgehead atoms. The van der Waals surface area contributed by atoms with Gasteiger partial charge in [-0.15, -0.1) is 11.3 Å².